The van der Waals surface area contributed by atoms with Crippen molar-refractivity contribution in [3.63, 3.8) is 0 Å². The van der Waals surface area contributed by atoms with Crippen LogP contribution in [-0.4, -0.2) is 91.2 Å². The average Bonchev–Trinajstić information content (AvgIpc) is 2.72. The third-order valence-electron chi connectivity index (χ3n) is 5.45. The molecule has 0 radical (unpaired) electrons. The number of nitrogens with one attached hydrogen (secondary N) is 1. The third kappa shape index (κ3) is 5.69. The van der Waals surface area contributed by atoms with Gasteiger partial charge < -0.3 is 10.1 Å². The summed E-state index contributed by atoms with van der Waals surface area (Å²) in [6, 6.07) is 2.38. The van der Waals surface area contributed by atoms with Gasteiger partial charge in [0.25, 0.3) is 5.91 Å². The number of sulfonamides is 1. The summed E-state index contributed by atoms with van der Waals surface area (Å²) in [5.74, 6) is -0.110. The number of carbonyl (C=O) groups is 1. The maximum atomic E-state index is 12.2. The summed E-state index contributed by atoms with van der Waals surface area (Å²) in [7, 11) is -3.13. The molecule has 10 heteroatoms. The molecule has 2 aliphatic rings. The summed E-state index contributed by atoms with van der Waals surface area (Å²) in [5, 5.41) is 2.90. The van der Waals surface area contributed by atoms with E-state index in [0.717, 1.165) is 38.9 Å². The van der Waals surface area contributed by atoms with Gasteiger partial charge >= 0.3 is 0 Å². The van der Waals surface area contributed by atoms with Crippen LogP contribution in [0.4, 0.5) is 0 Å². The molecule has 156 valence electrons. The Hall–Kier alpha value is -1.62. The lowest BCUT2D eigenvalue weighted by Crippen LogP contribution is -2.53. The van der Waals surface area contributed by atoms with Gasteiger partial charge in [-0.3, -0.25) is 9.69 Å². The van der Waals surface area contributed by atoms with Crippen molar-refractivity contribution in [2.45, 2.75) is 37.8 Å². The minimum absolute atomic E-state index is 0.168. The molecule has 0 aromatic carbocycles. The Morgan fingerprint density at radius 2 is 1.79 bits per heavy atom. The summed E-state index contributed by atoms with van der Waals surface area (Å²) >= 11 is 0. The molecule has 0 unspecified atom stereocenters. The zero-order valence-electron chi connectivity index (χ0n) is 16.3. The van der Waals surface area contributed by atoms with Crippen LogP contribution in [-0.2, 0) is 14.8 Å². The van der Waals surface area contributed by atoms with Gasteiger partial charge in [0.1, 0.15) is 0 Å². The number of ether oxygens (including phenoxy) is 1. The fraction of sp³-hybridized carbons (Fsp3) is 0.722. The molecule has 0 bridgehead atoms. The number of nitrogens with zero attached hydrogens (tertiary/aromatic N) is 4. The lowest BCUT2D eigenvalue weighted by molar-refractivity contribution is 0.00746. The first kappa shape index (κ1) is 21.1. The molecule has 2 fully saturated rings. The SMILES string of the molecule is CS(=O)(=O)N1CCC(N(CCNC(=O)c2ncccn2)C2CCOCC2)CC1. The zero-order valence-corrected chi connectivity index (χ0v) is 17.1. The Morgan fingerprint density at radius 3 is 2.39 bits per heavy atom. The maximum absolute atomic E-state index is 12.2. The largest absolute Gasteiger partial charge is 0.381 e. The number of amides is 1. The number of hydrogen-bond donors (Lipinski definition) is 1. The Morgan fingerprint density at radius 1 is 1.18 bits per heavy atom. The highest BCUT2D eigenvalue weighted by molar-refractivity contribution is 7.88. The molecule has 1 amide bonds. The molecule has 0 saturated carbocycles. The quantitative estimate of drug-likeness (QED) is 0.679. The standard InChI is InChI=1S/C18H29N5O4S/c1-28(25,26)22-10-3-15(4-11-22)23(16-5-13-27-14-6-16)12-9-21-18(24)17-19-7-2-8-20-17/h2,7-8,15-16H,3-6,9-14H2,1H3,(H,21,24). The van der Waals surface area contributed by atoms with Crippen LogP contribution in [0.15, 0.2) is 18.5 Å². The van der Waals surface area contributed by atoms with Crippen LogP contribution in [0.2, 0.25) is 0 Å². The molecule has 9 nitrogen and oxygen atoms in total. The van der Waals surface area contributed by atoms with Crippen LogP contribution in [0.25, 0.3) is 0 Å². The van der Waals surface area contributed by atoms with Gasteiger partial charge in [0.2, 0.25) is 15.8 Å². The van der Waals surface area contributed by atoms with Crippen molar-refractivity contribution < 1.29 is 17.9 Å². The van der Waals surface area contributed by atoms with Crippen LogP contribution < -0.4 is 5.32 Å². The molecule has 28 heavy (non-hydrogen) atoms. The number of piperidine rings is 1. The number of hydrogen-bond acceptors (Lipinski definition) is 7. The van der Waals surface area contributed by atoms with Crippen LogP contribution in [0.3, 0.4) is 0 Å². The van der Waals surface area contributed by atoms with E-state index in [9.17, 15) is 13.2 Å². The molecule has 3 heterocycles. The first-order valence-corrected chi connectivity index (χ1v) is 11.6. The molecular weight excluding hydrogens is 382 g/mol. The highest BCUT2D eigenvalue weighted by atomic mass is 32.2. The molecule has 1 N–H and O–H groups in total. The van der Waals surface area contributed by atoms with E-state index in [1.165, 1.54) is 6.26 Å². The smallest absolute Gasteiger partial charge is 0.289 e. The summed E-state index contributed by atoms with van der Waals surface area (Å²) in [5.41, 5.74) is 0. The van der Waals surface area contributed by atoms with Crippen molar-refractivity contribution in [1.82, 2.24) is 24.5 Å². The first-order chi connectivity index (χ1) is 13.4. The first-order valence-electron chi connectivity index (χ1n) is 9.79. The fourth-order valence-corrected chi connectivity index (χ4v) is 4.85. The van der Waals surface area contributed by atoms with Gasteiger partial charge in [-0.15, -0.1) is 0 Å². The zero-order chi connectivity index (χ0) is 20.0. The van der Waals surface area contributed by atoms with Gasteiger partial charge in [0.15, 0.2) is 0 Å². The van der Waals surface area contributed by atoms with E-state index in [0.29, 0.717) is 38.3 Å². The lowest BCUT2D eigenvalue weighted by atomic mass is 9.98. The monoisotopic (exact) mass is 411 g/mol. The second-order valence-electron chi connectivity index (χ2n) is 7.30. The predicted octanol–water partition coefficient (Wildman–Crippen LogP) is 0.111. The minimum atomic E-state index is -3.13. The van der Waals surface area contributed by atoms with Crippen LogP contribution in [0, 0.1) is 0 Å². The maximum Gasteiger partial charge on any atom is 0.289 e. The molecule has 0 atom stereocenters. The Kier molecular flexibility index (Phi) is 7.33. The Balaban J connectivity index is 1.57. The van der Waals surface area contributed by atoms with E-state index in [2.05, 4.69) is 20.2 Å². The molecule has 3 rings (SSSR count). The fourth-order valence-electron chi connectivity index (χ4n) is 3.98. The van der Waals surface area contributed by atoms with Crippen molar-refractivity contribution in [1.29, 1.82) is 0 Å². The van der Waals surface area contributed by atoms with Crippen LogP contribution >= 0.6 is 0 Å². The molecular formula is C18H29N5O4S. The Bertz CT molecular complexity index is 732. The van der Waals surface area contributed by atoms with Gasteiger partial charge in [-0.05, 0) is 31.7 Å². The molecule has 0 aliphatic carbocycles. The molecule has 0 spiro atoms. The van der Waals surface area contributed by atoms with E-state index in [4.69, 9.17) is 4.74 Å². The van der Waals surface area contributed by atoms with Crippen molar-refractivity contribution >= 4 is 15.9 Å². The molecule has 2 saturated heterocycles. The number of carbonyl (C=O) groups excluding carboxylic acids is 1. The summed E-state index contributed by atoms with van der Waals surface area (Å²) in [6.45, 7) is 3.80. The molecule has 1 aromatic rings. The minimum Gasteiger partial charge on any atom is -0.381 e. The van der Waals surface area contributed by atoms with Crippen LogP contribution in [0.5, 0.6) is 0 Å². The molecule has 2 aliphatic heterocycles. The topological polar surface area (TPSA) is 105 Å². The van der Waals surface area contributed by atoms with Gasteiger partial charge in [0.05, 0.1) is 6.26 Å². The number of rotatable bonds is 7. The summed E-state index contributed by atoms with van der Waals surface area (Å²) in [6.07, 6.45) is 7.90. The average molecular weight is 412 g/mol. The van der Waals surface area contributed by atoms with Gasteiger partial charge in [0, 0.05) is 63.9 Å². The normalized spacial score (nSPS) is 20.4. The van der Waals surface area contributed by atoms with Gasteiger partial charge in [-0.25, -0.2) is 22.7 Å². The molecule has 1 aromatic heterocycles. The van der Waals surface area contributed by atoms with E-state index in [1.807, 2.05) is 0 Å². The second-order valence-corrected chi connectivity index (χ2v) is 9.29. The van der Waals surface area contributed by atoms with Crippen molar-refractivity contribution in [2.24, 2.45) is 0 Å². The highest BCUT2D eigenvalue weighted by Crippen LogP contribution is 2.24. The van der Waals surface area contributed by atoms with Crippen molar-refractivity contribution in [3.8, 4) is 0 Å². The Labute approximate surface area is 166 Å². The van der Waals surface area contributed by atoms with Crippen molar-refractivity contribution in [2.75, 3.05) is 45.6 Å². The number of aromatic nitrogens is 2. The van der Waals surface area contributed by atoms with E-state index < -0.39 is 10.0 Å². The van der Waals surface area contributed by atoms with Gasteiger partial charge in [-0.1, -0.05) is 0 Å². The van der Waals surface area contributed by atoms with Gasteiger partial charge in [-0.2, -0.15) is 0 Å². The van der Waals surface area contributed by atoms with Crippen LogP contribution in [0.1, 0.15) is 36.3 Å². The van der Waals surface area contributed by atoms with Crippen molar-refractivity contribution in [3.05, 3.63) is 24.3 Å². The van der Waals surface area contributed by atoms with E-state index in [-0.39, 0.29) is 11.7 Å². The predicted molar refractivity (Wildman–Crippen MR) is 104 cm³/mol. The lowest BCUT2D eigenvalue weighted by Gasteiger charge is -2.43. The highest BCUT2D eigenvalue weighted by Gasteiger charge is 2.32. The third-order valence-corrected chi connectivity index (χ3v) is 6.75. The van der Waals surface area contributed by atoms with E-state index in [1.54, 1.807) is 22.8 Å². The van der Waals surface area contributed by atoms with E-state index >= 15 is 0 Å². The summed E-state index contributed by atoms with van der Waals surface area (Å²) in [4.78, 5) is 22.6. The summed E-state index contributed by atoms with van der Waals surface area (Å²) < 4.78 is 30.6. The second kappa shape index (κ2) is 9.73.